The maximum atomic E-state index is 11.3. The Morgan fingerprint density at radius 3 is 1.66 bits per heavy atom. The Bertz CT molecular complexity index is 530. The van der Waals surface area contributed by atoms with Crippen LogP contribution in [0.2, 0.25) is 0 Å². The van der Waals surface area contributed by atoms with Crippen molar-refractivity contribution in [2.75, 3.05) is 59.2 Å². The van der Waals surface area contributed by atoms with E-state index in [9.17, 15) is 9.59 Å². The van der Waals surface area contributed by atoms with E-state index in [1.165, 1.54) is 17.3 Å². The number of hydrogen-bond acceptors (Lipinski definition) is 9. The summed E-state index contributed by atoms with van der Waals surface area (Å²) in [6.07, 6.45) is 0. The van der Waals surface area contributed by atoms with E-state index in [2.05, 4.69) is 36.7 Å². The highest BCUT2D eigenvalue weighted by atomic mass is 32.2. The fourth-order valence-electron chi connectivity index (χ4n) is 2.06. The molecule has 1 heterocycles. The molecule has 0 spiro atoms. The Hall–Kier alpha value is 0.170. The molecule has 0 N–H and O–H groups in total. The molecule has 1 saturated heterocycles. The van der Waals surface area contributed by atoms with Crippen LogP contribution < -0.4 is 0 Å². The third-order valence-electron chi connectivity index (χ3n) is 3.63. The van der Waals surface area contributed by atoms with Crippen molar-refractivity contribution < 1.29 is 19.1 Å². The van der Waals surface area contributed by atoms with E-state index >= 15 is 0 Å². The first-order valence-corrected chi connectivity index (χ1v) is 15.1. The lowest BCUT2D eigenvalue weighted by Gasteiger charge is -2.27. The first-order valence-electron chi connectivity index (χ1n) is 9.51. The molecule has 0 aromatic carbocycles. The smallest absolute Gasteiger partial charge is 0.333 e. The fourth-order valence-corrected chi connectivity index (χ4v) is 8.80. The van der Waals surface area contributed by atoms with Crippen LogP contribution in [-0.2, 0) is 19.1 Å². The topological polar surface area (TPSA) is 52.6 Å². The third-order valence-corrected chi connectivity index (χ3v) is 10.7. The van der Waals surface area contributed by atoms with Crippen LogP contribution >= 0.6 is 58.8 Å². The van der Waals surface area contributed by atoms with E-state index < -0.39 is 0 Å². The molecule has 2 atom stereocenters. The molecule has 0 bridgehead atoms. The molecule has 0 aliphatic carbocycles. The second kappa shape index (κ2) is 16.8. The van der Waals surface area contributed by atoms with Crippen molar-refractivity contribution >= 4 is 70.7 Å². The summed E-state index contributed by atoms with van der Waals surface area (Å²) in [6, 6.07) is 0. The molecule has 1 rings (SSSR count). The van der Waals surface area contributed by atoms with E-state index in [1.54, 1.807) is 13.8 Å². The molecule has 0 saturated carbocycles. The summed E-state index contributed by atoms with van der Waals surface area (Å²) < 4.78 is 10.2. The van der Waals surface area contributed by atoms with Gasteiger partial charge in [-0.1, -0.05) is 13.2 Å². The molecule has 2 unspecified atom stereocenters. The number of carbonyl (C=O) groups is 2. The van der Waals surface area contributed by atoms with Crippen LogP contribution in [0.25, 0.3) is 0 Å². The minimum absolute atomic E-state index is 0.293. The minimum atomic E-state index is -0.297. The van der Waals surface area contributed by atoms with Crippen molar-refractivity contribution in [1.29, 1.82) is 0 Å². The Kier molecular flexibility index (Phi) is 15.8. The average Bonchev–Trinajstić information content (AvgIpc) is 2.70. The quantitative estimate of drug-likeness (QED) is 0.183. The zero-order chi connectivity index (χ0) is 21.5. The summed E-state index contributed by atoms with van der Waals surface area (Å²) in [6.45, 7) is 11.4. The number of carbonyl (C=O) groups excluding carboxylic acids is 2. The molecule has 0 aromatic rings. The van der Waals surface area contributed by atoms with Gasteiger partial charge in [0.25, 0.3) is 0 Å². The van der Waals surface area contributed by atoms with Gasteiger partial charge in [0.1, 0.15) is 13.2 Å². The molecule has 0 radical (unpaired) electrons. The minimum Gasteiger partial charge on any atom is -0.461 e. The highest BCUT2D eigenvalue weighted by Crippen LogP contribution is 2.33. The Morgan fingerprint density at radius 1 is 0.793 bits per heavy atom. The molecule has 166 valence electrons. The SMILES string of the molecule is C=C(C)C(=O)OCCSCCSCC1CSC(CSCCOC(=O)C(=C)C)CS1. The summed E-state index contributed by atoms with van der Waals surface area (Å²) in [7, 11) is 0. The van der Waals surface area contributed by atoms with Gasteiger partial charge in [-0.3, -0.25) is 0 Å². The van der Waals surface area contributed by atoms with Crippen molar-refractivity contribution in [1.82, 2.24) is 0 Å². The van der Waals surface area contributed by atoms with Gasteiger partial charge in [0.05, 0.1) is 0 Å². The van der Waals surface area contributed by atoms with E-state index in [0.717, 1.165) is 34.0 Å². The number of thioether (sulfide) groups is 5. The Balaban J connectivity index is 1.91. The average molecular weight is 497 g/mol. The summed E-state index contributed by atoms with van der Waals surface area (Å²) in [5.74, 6) is 8.10. The van der Waals surface area contributed by atoms with E-state index in [1.807, 2.05) is 35.3 Å². The summed E-state index contributed by atoms with van der Waals surface area (Å²) in [5.41, 5.74) is 0.916. The maximum Gasteiger partial charge on any atom is 0.333 e. The lowest BCUT2D eigenvalue weighted by atomic mass is 10.4. The second-order valence-electron chi connectivity index (χ2n) is 6.51. The molecule has 1 aliphatic rings. The van der Waals surface area contributed by atoms with Crippen LogP contribution in [0.5, 0.6) is 0 Å². The van der Waals surface area contributed by atoms with Gasteiger partial charge in [-0.2, -0.15) is 58.8 Å². The van der Waals surface area contributed by atoms with Crippen molar-refractivity contribution in [3.63, 3.8) is 0 Å². The maximum absolute atomic E-state index is 11.3. The van der Waals surface area contributed by atoms with Crippen molar-refractivity contribution in [3.05, 3.63) is 24.3 Å². The molecule has 4 nitrogen and oxygen atoms in total. The van der Waals surface area contributed by atoms with Crippen molar-refractivity contribution in [3.8, 4) is 0 Å². The zero-order valence-corrected chi connectivity index (χ0v) is 21.4. The van der Waals surface area contributed by atoms with E-state index in [4.69, 9.17) is 9.47 Å². The molecule has 0 aromatic heterocycles. The number of ether oxygens (including phenoxy) is 2. The van der Waals surface area contributed by atoms with Gasteiger partial charge in [-0.05, 0) is 13.8 Å². The van der Waals surface area contributed by atoms with Gasteiger partial charge in [-0.15, -0.1) is 0 Å². The molecule has 1 aliphatic heterocycles. The van der Waals surface area contributed by atoms with Crippen LogP contribution in [0.3, 0.4) is 0 Å². The largest absolute Gasteiger partial charge is 0.461 e. The number of rotatable bonds is 15. The van der Waals surface area contributed by atoms with Crippen LogP contribution in [0.1, 0.15) is 13.8 Å². The van der Waals surface area contributed by atoms with Gasteiger partial charge >= 0.3 is 11.9 Å². The summed E-state index contributed by atoms with van der Waals surface area (Å²) in [4.78, 5) is 22.6. The highest BCUT2D eigenvalue weighted by molar-refractivity contribution is 8.09. The zero-order valence-electron chi connectivity index (χ0n) is 17.3. The van der Waals surface area contributed by atoms with Gasteiger partial charge in [0.2, 0.25) is 0 Å². The van der Waals surface area contributed by atoms with Crippen LogP contribution in [0.4, 0.5) is 0 Å². The first kappa shape index (κ1) is 27.2. The standard InChI is InChI=1S/C20H32O4S5/c1-15(2)19(21)23-5-7-25-9-10-27-12-18-14-28-17(13-29-18)11-26-8-6-24-20(22)16(3)4/h17-18H,1,3,5-14H2,2,4H3. The molecular formula is C20H32O4S5. The van der Waals surface area contributed by atoms with Crippen molar-refractivity contribution in [2.45, 2.75) is 24.3 Å². The summed E-state index contributed by atoms with van der Waals surface area (Å²) in [5, 5.41) is 1.44. The second-order valence-corrected chi connectivity index (χ2v) is 12.7. The van der Waals surface area contributed by atoms with E-state index in [0.29, 0.717) is 29.6 Å². The van der Waals surface area contributed by atoms with Gasteiger partial charge in [-0.25, -0.2) is 9.59 Å². The van der Waals surface area contributed by atoms with Crippen LogP contribution in [0, 0.1) is 0 Å². The van der Waals surface area contributed by atoms with E-state index in [-0.39, 0.29) is 11.9 Å². The van der Waals surface area contributed by atoms with Crippen LogP contribution in [0.15, 0.2) is 24.3 Å². The van der Waals surface area contributed by atoms with Gasteiger partial charge in [0.15, 0.2) is 0 Å². The summed E-state index contributed by atoms with van der Waals surface area (Å²) >= 11 is 9.90. The molecular weight excluding hydrogens is 465 g/mol. The highest BCUT2D eigenvalue weighted by Gasteiger charge is 2.22. The first-order chi connectivity index (χ1) is 13.9. The van der Waals surface area contributed by atoms with Gasteiger partial charge in [0, 0.05) is 67.7 Å². The monoisotopic (exact) mass is 496 g/mol. The normalized spacial score (nSPS) is 18.8. The predicted molar refractivity (Wildman–Crippen MR) is 136 cm³/mol. The number of esters is 2. The molecule has 9 heteroatoms. The Labute approximate surface area is 196 Å². The fraction of sp³-hybridized carbons (Fsp3) is 0.700. The predicted octanol–water partition coefficient (Wildman–Crippen LogP) is 4.64. The lowest BCUT2D eigenvalue weighted by Crippen LogP contribution is -2.25. The number of hydrogen-bond donors (Lipinski definition) is 0. The van der Waals surface area contributed by atoms with Crippen molar-refractivity contribution in [2.24, 2.45) is 0 Å². The lowest BCUT2D eigenvalue weighted by molar-refractivity contribution is -0.139. The Morgan fingerprint density at radius 2 is 1.21 bits per heavy atom. The third kappa shape index (κ3) is 14.0. The van der Waals surface area contributed by atoms with Crippen LogP contribution in [-0.4, -0.2) is 81.7 Å². The molecule has 0 amide bonds. The van der Waals surface area contributed by atoms with Gasteiger partial charge < -0.3 is 9.47 Å². The molecule has 1 fully saturated rings. The molecule has 29 heavy (non-hydrogen) atoms.